The predicted octanol–water partition coefficient (Wildman–Crippen LogP) is 9.59. The number of rotatable bonds is 12. The molecule has 4 nitrogen and oxygen atoms in total. The van der Waals surface area contributed by atoms with E-state index in [1.807, 2.05) is 45.0 Å². The Balaban J connectivity index is 2.46. The van der Waals surface area contributed by atoms with Crippen LogP contribution in [0.2, 0.25) is 0 Å². The third kappa shape index (κ3) is 9.44. The first-order valence-corrected chi connectivity index (χ1v) is 12.7. The summed E-state index contributed by atoms with van der Waals surface area (Å²) in [7, 11) is -8.14. The van der Waals surface area contributed by atoms with Crippen LogP contribution in [0.5, 0.6) is 11.5 Å². The van der Waals surface area contributed by atoms with Crippen molar-refractivity contribution in [3.63, 3.8) is 0 Å². The molecule has 0 N–H and O–H groups in total. The number of benzene rings is 2. The van der Waals surface area contributed by atoms with E-state index >= 15 is 0 Å². The molecule has 0 saturated carbocycles. The molecule has 0 atom stereocenters. The van der Waals surface area contributed by atoms with Crippen molar-refractivity contribution in [3.8, 4) is 11.5 Å². The van der Waals surface area contributed by atoms with E-state index < -0.39 is 8.00 Å². The van der Waals surface area contributed by atoms with Crippen LogP contribution in [-0.2, 0) is 0 Å². The van der Waals surface area contributed by atoms with Crippen LogP contribution in [0.25, 0.3) is 0 Å². The summed E-state index contributed by atoms with van der Waals surface area (Å²) in [5.74, 6) is 0.460. The molecule has 0 unspecified atom stereocenters. The number of unbranched alkanes of at least 4 members (excludes halogenated alkanes) is 2. The van der Waals surface area contributed by atoms with Crippen LogP contribution >= 0.6 is 19.8 Å². The number of hydrogen-bond acceptors (Lipinski definition) is 5. The normalized spacial score (nSPS) is 13.2. The Hall–Kier alpha value is -1.86. The Kier molecular flexibility index (Phi) is 9.13. The summed E-state index contributed by atoms with van der Waals surface area (Å²) < 4.78 is 62.4. The molecule has 0 amide bonds. The molecule has 0 aliphatic rings. The fourth-order valence-electron chi connectivity index (χ4n) is 2.42. The maximum atomic E-state index is 12.7. The zero-order valence-corrected chi connectivity index (χ0v) is 19.5. The quantitative estimate of drug-likeness (QED) is 0.132. The zero-order chi connectivity index (χ0) is 22.9. The van der Waals surface area contributed by atoms with Gasteiger partial charge in [0, 0.05) is 0 Å². The molecule has 2 aromatic rings. The number of aryl methyl sites for hydroxylation is 1. The van der Waals surface area contributed by atoms with Gasteiger partial charge in [0.15, 0.2) is 0 Å². The van der Waals surface area contributed by atoms with Crippen molar-refractivity contribution in [1.82, 2.24) is 0 Å². The van der Waals surface area contributed by atoms with Gasteiger partial charge in [0.25, 0.3) is 0 Å². The molecule has 0 aliphatic carbocycles. The molecule has 172 valence electrons. The third-order valence-electron chi connectivity index (χ3n) is 4.07. The van der Waals surface area contributed by atoms with E-state index in [0.29, 0.717) is 30.3 Å². The minimum atomic E-state index is -8.14. The van der Waals surface area contributed by atoms with E-state index in [0.717, 1.165) is 29.7 Å². The number of ether oxygens (including phenoxy) is 2. The van der Waals surface area contributed by atoms with E-state index in [2.05, 4.69) is 10.00 Å². The Morgan fingerprint density at radius 1 is 0.871 bits per heavy atom. The topological polar surface area (TPSA) is 43.2 Å². The molecule has 10 heteroatoms. The standard InChI is InChI=1S/C21H27F4N2O2PS/c1-4-6-12-28-19-15-21(31-17-10-8-16(3)9-11-17)20(29-13-7-5-2)14-18(19)26-27-30(22,23,24)25/h8-11,14-15H,4-7,12-13H2,1-3H3. The van der Waals surface area contributed by atoms with Crippen molar-refractivity contribution in [2.75, 3.05) is 13.2 Å². The van der Waals surface area contributed by atoms with Gasteiger partial charge in [-0.2, -0.15) is 0 Å². The first-order valence-electron chi connectivity index (χ1n) is 10.1. The van der Waals surface area contributed by atoms with E-state index in [4.69, 9.17) is 9.47 Å². The maximum absolute atomic E-state index is 12.7. The average molecular weight is 478 g/mol. The molecule has 0 saturated heterocycles. The van der Waals surface area contributed by atoms with Gasteiger partial charge in [-0.1, -0.05) is 0 Å². The fraction of sp³-hybridized carbons (Fsp3) is 0.429. The van der Waals surface area contributed by atoms with E-state index in [9.17, 15) is 16.8 Å². The summed E-state index contributed by atoms with van der Waals surface area (Å²) in [6, 6.07) is 10.7. The monoisotopic (exact) mass is 478 g/mol. The Bertz CT molecular complexity index is 880. The van der Waals surface area contributed by atoms with Gasteiger partial charge < -0.3 is 0 Å². The van der Waals surface area contributed by atoms with Gasteiger partial charge in [-0.3, -0.25) is 0 Å². The van der Waals surface area contributed by atoms with Crippen molar-refractivity contribution < 1.29 is 26.3 Å². The molecule has 0 aliphatic heterocycles. The summed E-state index contributed by atoms with van der Waals surface area (Å²) in [6.07, 6.45) is 3.23. The van der Waals surface area contributed by atoms with E-state index in [-0.39, 0.29) is 11.4 Å². The van der Waals surface area contributed by atoms with Crippen LogP contribution in [-0.4, -0.2) is 13.2 Å². The Morgan fingerprint density at radius 2 is 1.45 bits per heavy atom. The van der Waals surface area contributed by atoms with Crippen molar-refractivity contribution >= 4 is 25.4 Å². The van der Waals surface area contributed by atoms with Gasteiger partial charge in [-0.15, -0.1) is 0 Å². The molecule has 2 rings (SSSR count). The summed E-state index contributed by atoms with van der Waals surface area (Å²) >= 11 is 1.40. The second-order valence-corrected chi connectivity index (χ2v) is 9.63. The number of halogens is 4. The SMILES string of the molecule is CCCCOc1cc(Sc2ccc(C)cc2)c(OCCCC)cc1N=NP(F)(F)(F)F. The summed E-state index contributed by atoms with van der Waals surface area (Å²) in [5.41, 5.74) is 0.898. The van der Waals surface area contributed by atoms with E-state index in [1.165, 1.54) is 17.8 Å². The summed E-state index contributed by atoms with van der Waals surface area (Å²) in [4.78, 5) is 3.66. The third-order valence-corrected chi connectivity index (χ3v) is 5.48. The molecule has 0 fully saturated rings. The molecule has 0 aromatic heterocycles. The van der Waals surface area contributed by atoms with Crippen molar-refractivity contribution in [2.45, 2.75) is 56.2 Å². The van der Waals surface area contributed by atoms with Crippen LogP contribution in [0, 0.1) is 6.92 Å². The second-order valence-electron chi connectivity index (χ2n) is 6.96. The van der Waals surface area contributed by atoms with Crippen LogP contribution < -0.4 is 9.47 Å². The van der Waals surface area contributed by atoms with Gasteiger partial charge in [0.1, 0.15) is 0 Å². The van der Waals surface area contributed by atoms with Crippen LogP contribution in [0.3, 0.4) is 0 Å². The van der Waals surface area contributed by atoms with Crippen LogP contribution in [0.4, 0.5) is 22.5 Å². The Morgan fingerprint density at radius 3 is 2.00 bits per heavy atom. The average Bonchev–Trinajstić information content (AvgIpc) is 2.69. The Labute approximate surface area is 184 Å². The molecule has 0 heterocycles. The fourth-order valence-corrected chi connectivity index (χ4v) is 3.56. The molecule has 0 bridgehead atoms. The molecular formula is C21H27F4N2O2PS. The van der Waals surface area contributed by atoms with Gasteiger partial charge in [0.2, 0.25) is 0 Å². The molecule has 0 radical (unpaired) electrons. The van der Waals surface area contributed by atoms with Crippen molar-refractivity contribution in [3.05, 3.63) is 42.0 Å². The van der Waals surface area contributed by atoms with Crippen LogP contribution in [0.1, 0.15) is 45.1 Å². The van der Waals surface area contributed by atoms with Crippen molar-refractivity contribution in [1.29, 1.82) is 0 Å². The van der Waals surface area contributed by atoms with E-state index in [1.54, 1.807) is 6.07 Å². The molecule has 2 aromatic carbocycles. The summed E-state index contributed by atoms with van der Waals surface area (Å²) in [6.45, 7) is 6.64. The van der Waals surface area contributed by atoms with Gasteiger partial charge in [-0.25, -0.2) is 0 Å². The molecular weight excluding hydrogens is 451 g/mol. The van der Waals surface area contributed by atoms with Gasteiger partial charge in [0.05, 0.1) is 0 Å². The number of hydrogen-bond donors (Lipinski definition) is 0. The molecule has 31 heavy (non-hydrogen) atoms. The van der Waals surface area contributed by atoms with Crippen LogP contribution in [0.15, 0.2) is 56.2 Å². The summed E-state index contributed by atoms with van der Waals surface area (Å²) in [5, 5.41) is 3.15. The second kappa shape index (κ2) is 11.1. The first-order chi connectivity index (χ1) is 14.6. The van der Waals surface area contributed by atoms with Crippen molar-refractivity contribution in [2.24, 2.45) is 10.00 Å². The molecule has 0 spiro atoms. The van der Waals surface area contributed by atoms with Gasteiger partial charge >= 0.3 is 185 Å². The first kappa shape index (κ1) is 25.4. The zero-order valence-electron chi connectivity index (χ0n) is 17.8. The van der Waals surface area contributed by atoms with Gasteiger partial charge in [-0.05, 0) is 0 Å². The number of nitrogens with zero attached hydrogens (tertiary/aromatic N) is 2. The predicted molar refractivity (Wildman–Crippen MR) is 118 cm³/mol. The minimum absolute atomic E-state index is 0.107.